The van der Waals surface area contributed by atoms with E-state index in [1.807, 2.05) is 13.0 Å². The van der Waals surface area contributed by atoms with Crippen LogP contribution in [0.15, 0.2) is 29.2 Å². The molecular formula is C14H23N3O3S. The van der Waals surface area contributed by atoms with Gasteiger partial charge in [0, 0.05) is 26.2 Å². The fraction of sp³-hybridized carbons (Fsp3) is 0.571. The lowest BCUT2D eigenvalue weighted by Gasteiger charge is -2.24. The minimum atomic E-state index is -3.47. The number of sulfonamides is 1. The number of benzene rings is 1. The fourth-order valence-corrected chi connectivity index (χ4v) is 3.45. The zero-order chi connectivity index (χ0) is 15.1. The van der Waals surface area contributed by atoms with E-state index in [4.69, 9.17) is 4.74 Å². The molecular weight excluding hydrogens is 290 g/mol. The third-order valence-electron chi connectivity index (χ3n) is 3.24. The predicted octanol–water partition coefficient (Wildman–Crippen LogP) is 0.775. The molecule has 0 amide bonds. The lowest BCUT2D eigenvalue weighted by molar-refractivity contribution is 0.0372. The molecule has 1 aliphatic rings. The van der Waals surface area contributed by atoms with Gasteiger partial charge in [0.15, 0.2) is 0 Å². The summed E-state index contributed by atoms with van der Waals surface area (Å²) in [5, 5.41) is 6.43. The number of morpholine rings is 1. The van der Waals surface area contributed by atoms with Crippen molar-refractivity contribution >= 4 is 15.7 Å². The second kappa shape index (κ2) is 7.74. The Morgan fingerprint density at radius 2 is 2.19 bits per heavy atom. The minimum absolute atomic E-state index is 0.0538. The summed E-state index contributed by atoms with van der Waals surface area (Å²) in [5.41, 5.74) is 0.607. The van der Waals surface area contributed by atoms with Gasteiger partial charge in [-0.15, -0.1) is 0 Å². The molecule has 0 aliphatic carbocycles. The van der Waals surface area contributed by atoms with Gasteiger partial charge in [-0.1, -0.05) is 19.1 Å². The Bertz CT molecular complexity index is 542. The molecule has 1 aromatic rings. The molecule has 1 heterocycles. The van der Waals surface area contributed by atoms with Crippen molar-refractivity contribution in [2.45, 2.75) is 24.3 Å². The van der Waals surface area contributed by atoms with Gasteiger partial charge in [0.2, 0.25) is 10.0 Å². The van der Waals surface area contributed by atoms with Gasteiger partial charge in [-0.2, -0.15) is 0 Å². The van der Waals surface area contributed by atoms with E-state index in [0.717, 1.165) is 19.5 Å². The van der Waals surface area contributed by atoms with Gasteiger partial charge in [-0.25, -0.2) is 13.1 Å². The van der Waals surface area contributed by atoms with Crippen molar-refractivity contribution in [3.05, 3.63) is 24.3 Å². The Morgan fingerprint density at radius 3 is 2.90 bits per heavy atom. The number of anilines is 1. The number of hydrogen-bond donors (Lipinski definition) is 3. The van der Waals surface area contributed by atoms with Crippen molar-refractivity contribution in [2.24, 2.45) is 0 Å². The lowest BCUT2D eigenvalue weighted by atomic mass is 10.2. The highest BCUT2D eigenvalue weighted by atomic mass is 32.2. The first-order valence-electron chi connectivity index (χ1n) is 7.28. The van der Waals surface area contributed by atoms with Crippen LogP contribution in [0, 0.1) is 0 Å². The molecule has 1 atom stereocenters. The van der Waals surface area contributed by atoms with Crippen LogP contribution in [-0.4, -0.2) is 47.3 Å². The SMILES string of the molecule is CCCNS(=O)(=O)c1ccccc1NCC1CNCCO1. The molecule has 7 heteroatoms. The van der Waals surface area contributed by atoms with Crippen molar-refractivity contribution < 1.29 is 13.2 Å². The molecule has 0 radical (unpaired) electrons. The summed E-state index contributed by atoms with van der Waals surface area (Å²) in [7, 11) is -3.47. The van der Waals surface area contributed by atoms with Crippen LogP contribution in [0.5, 0.6) is 0 Å². The van der Waals surface area contributed by atoms with Crippen LogP contribution in [-0.2, 0) is 14.8 Å². The molecule has 0 saturated carbocycles. The van der Waals surface area contributed by atoms with Gasteiger partial charge in [0.1, 0.15) is 4.90 Å². The molecule has 0 bridgehead atoms. The third-order valence-corrected chi connectivity index (χ3v) is 4.76. The van der Waals surface area contributed by atoms with E-state index in [1.54, 1.807) is 18.2 Å². The average Bonchev–Trinajstić information content (AvgIpc) is 2.52. The van der Waals surface area contributed by atoms with Crippen LogP contribution in [0.3, 0.4) is 0 Å². The van der Waals surface area contributed by atoms with E-state index in [0.29, 0.717) is 25.4 Å². The monoisotopic (exact) mass is 313 g/mol. The predicted molar refractivity (Wildman–Crippen MR) is 83.0 cm³/mol. The molecule has 2 rings (SSSR count). The first-order valence-corrected chi connectivity index (χ1v) is 8.76. The normalized spacial score (nSPS) is 19.4. The van der Waals surface area contributed by atoms with Crippen LogP contribution < -0.4 is 15.4 Å². The molecule has 118 valence electrons. The molecule has 0 aromatic heterocycles. The number of para-hydroxylation sites is 1. The Balaban J connectivity index is 2.05. The molecule has 1 aliphatic heterocycles. The Morgan fingerprint density at radius 1 is 1.38 bits per heavy atom. The van der Waals surface area contributed by atoms with Crippen LogP contribution in [0.4, 0.5) is 5.69 Å². The highest BCUT2D eigenvalue weighted by Crippen LogP contribution is 2.20. The van der Waals surface area contributed by atoms with Crippen LogP contribution in [0.25, 0.3) is 0 Å². The highest BCUT2D eigenvalue weighted by Gasteiger charge is 2.19. The smallest absolute Gasteiger partial charge is 0.242 e. The maximum absolute atomic E-state index is 12.3. The van der Waals surface area contributed by atoms with Crippen molar-refractivity contribution in [1.82, 2.24) is 10.0 Å². The largest absolute Gasteiger partial charge is 0.381 e. The molecule has 1 unspecified atom stereocenters. The van der Waals surface area contributed by atoms with E-state index < -0.39 is 10.0 Å². The number of nitrogens with one attached hydrogen (secondary N) is 3. The van der Waals surface area contributed by atoms with Crippen LogP contribution in [0.1, 0.15) is 13.3 Å². The molecule has 0 spiro atoms. The topological polar surface area (TPSA) is 79.5 Å². The molecule has 21 heavy (non-hydrogen) atoms. The molecule has 1 aromatic carbocycles. The summed E-state index contributed by atoms with van der Waals surface area (Å²) in [6, 6.07) is 6.93. The molecule has 3 N–H and O–H groups in total. The maximum atomic E-state index is 12.3. The number of rotatable bonds is 7. The standard InChI is InChI=1S/C14H23N3O3S/c1-2-7-17-21(18,19)14-6-4-3-5-13(14)16-11-12-10-15-8-9-20-12/h3-6,12,15-17H,2,7-11H2,1H3. The second-order valence-corrected chi connectivity index (χ2v) is 6.71. The van der Waals surface area contributed by atoms with Gasteiger partial charge in [0.25, 0.3) is 0 Å². The van der Waals surface area contributed by atoms with Crippen molar-refractivity contribution in [3.63, 3.8) is 0 Å². The van der Waals surface area contributed by atoms with Gasteiger partial charge in [-0.05, 0) is 18.6 Å². The summed E-state index contributed by atoms with van der Waals surface area (Å²) in [4.78, 5) is 0.280. The molecule has 1 saturated heterocycles. The summed E-state index contributed by atoms with van der Waals surface area (Å²) >= 11 is 0. The molecule has 1 fully saturated rings. The van der Waals surface area contributed by atoms with E-state index in [1.165, 1.54) is 0 Å². The maximum Gasteiger partial charge on any atom is 0.242 e. The van der Waals surface area contributed by atoms with Crippen LogP contribution in [0.2, 0.25) is 0 Å². The third kappa shape index (κ3) is 4.67. The van der Waals surface area contributed by atoms with Gasteiger partial charge in [0.05, 0.1) is 18.4 Å². The summed E-state index contributed by atoms with van der Waals surface area (Å²) < 4.78 is 32.7. The number of hydrogen-bond acceptors (Lipinski definition) is 5. The molecule has 6 nitrogen and oxygen atoms in total. The van der Waals surface area contributed by atoms with Crippen molar-refractivity contribution in [2.75, 3.05) is 38.1 Å². The van der Waals surface area contributed by atoms with E-state index in [-0.39, 0.29) is 11.0 Å². The van der Waals surface area contributed by atoms with E-state index >= 15 is 0 Å². The zero-order valence-electron chi connectivity index (χ0n) is 12.3. The first kappa shape index (κ1) is 16.2. The Hall–Kier alpha value is -1.15. The van der Waals surface area contributed by atoms with Crippen molar-refractivity contribution in [3.8, 4) is 0 Å². The van der Waals surface area contributed by atoms with Gasteiger partial charge in [-0.3, -0.25) is 0 Å². The quantitative estimate of drug-likeness (QED) is 0.693. The summed E-state index contributed by atoms with van der Waals surface area (Å²) in [5.74, 6) is 0. The van der Waals surface area contributed by atoms with Gasteiger partial charge < -0.3 is 15.4 Å². The number of ether oxygens (including phenoxy) is 1. The highest BCUT2D eigenvalue weighted by molar-refractivity contribution is 7.89. The van der Waals surface area contributed by atoms with E-state index in [2.05, 4.69) is 15.4 Å². The summed E-state index contributed by atoms with van der Waals surface area (Å²) in [6.45, 7) is 5.27. The lowest BCUT2D eigenvalue weighted by Crippen LogP contribution is -2.42. The fourth-order valence-electron chi connectivity index (χ4n) is 2.14. The Kier molecular flexibility index (Phi) is 5.98. The zero-order valence-corrected chi connectivity index (χ0v) is 13.1. The van der Waals surface area contributed by atoms with E-state index in [9.17, 15) is 8.42 Å². The minimum Gasteiger partial charge on any atom is -0.381 e. The summed E-state index contributed by atoms with van der Waals surface area (Å²) in [6.07, 6.45) is 0.814. The van der Waals surface area contributed by atoms with Crippen LogP contribution >= 0.6 is 0 Å². The average molecular weight is 313 g/mol. The Labute approximate surface area is 126 Å². The van der Waals surface area contributed by atoms with Gasteiger partial charge >= 0.3 is 0 Å². The van der Waals surface area contributed by atoms with Crippen molar-refractivity contribution in [1.29, 1.82) is 0 Å². The second-order valence-electron chi connectivity index (χ2n) is 4.97. The first-order chi connectivity index (χ1) is 10.1.